The number of nitrogens with zero attached hydrogens (tertiary/aromatic N) is 1. The summed E-state index contributed by atoms with van der Waals surface area (Å²) in [5.41, 5.74) is 0.703. The summed E-state index contributed by atoms with van der Waals surface area (Å²) in [6.45, 7) is 7.01. The summed E-state index contributed by atoms with van der Waals surface area (Å²) >= 11 is 0. The van der Waals surface area contributed by atoms with Crippen molar-refractivity contribution < 1.29 is 9.21 Å². The molecule has 0 aromatic carbocycles. The van der Waals surface area contributed by atoms with Crippen LogP contribution < -0.4 is 5.32 Å². The van der Waals surface area contributed by atoms with Crippen LogP contribution in [-0.4, -0.2) is 37.0 Å². The fraction of sp³-hybridized carbons (Fsp3) is 0.545. The third-order valence-corrected chi connectivity index (χ3v) is 2.68. The minimum absolute atomic E-state index is 0. The van der Waals surface area contributed by atoms with Crippen LogP contribution in [0.15, 0.2) is 10.5 Å². The molecular formula is C11H17ClN2O2. The normalized spacial score (nSPS) is 15.8. The fourth-order valence-electron chi connectivity index (χ4n) is 1.88. The topological polar surface area (TPSA) is 45.5 Å². The molecule has 16 heavy (non-hydrogen) atoms. The van der Waals surface area contributed by atoms with Crippen molar-refractivity contribution in [2.45, 2.75) is 13.8 Å². The van der Waals surface area contributed by atoms with Gasteiger partial charge in [-0.1, -0.05) is 0 Å². The molecule has 1 amide bonds. The molecule has 0 aliphatic carbocycles. The molecule has 0 spiro atoms. The molecule has 5 heteroatoms. The third kappa shape index (κ3) is 2.57. The number of rotatable bonds is 1. The van der Waals surface area contributed by atoms with Crippen molar-refractivity contribution >= 4 is 18.3 Å². The van der Waals surface area contributed by atoms with Crippen molar-refractivity contribution in [2.24, 2.45) is 0 Å². The molecule has 1 saturated heterocycles. The predicted octanol–water partition coefficient (Wildman–Crippen LogP) is 1.36. The van der Waals surface area contributed by atoms with Crippen LogP contribution in [0, 0.1) is 13.8 Å². The predicted molar refractivity (Wildman–Crippen MR) is 64.2 cm³/mol. The Hall–Kier alpha value is -1.000. The van der Waals surface area contributed by atoms with E-state index in [0.29, 0.717) is 5.56 Å². The Labute approximate surface area is 101 Å². The second-order valence-electron chi connectivity index (χ2n) is 3.87. The van der Waals surface area contributed by atoms with Gasteiger partial charge in [0.25, 0.3) is 5.91 Å². The number of aryl methyl sites for hydroxylation is 2. The lowest BCUT2D eigenvalue weighted by Gasteiger charge is -2.27. The zero-order chi connectivity index (χ0) is 10.8. The highest BCUT2D eigenvalue weighted by atomic mass is 35.5. The molecule has 1 aromatic rings. The molecule has 1 aliphatic heterocycles. The van der Waals surface area contributed by atoms with E-state index in [-0.39, 0.29) is 18.3 Å². The van der Waals surface area contributed by atoms with Crippen molar-refractivity contribution in [3.05, 3.63) is 23.2 Å². The standard InChI is InChI=1S/C11H16N2O2.ClH/c1-8-7-10(9(2)15-8)11(14)13-5-3-12-4-6-13;/h7,12H,3-6H2,1-2H3;1H. The minimum Gasteiger partial charge on any atom is -0.466 e. The molecule has 4 nitrogen and oxygen atoms in total. The van der Waals surface area contributed by atoms with E-state index in [1.165, 1.54) is 0 Å². The van der Waals surface area contributed by atoms with E-state index in [0.717, 1.165) is 37.7 Å². The molecule has 1 aromatic heterocycles. The molecule has 90 valence electrons. The van der Waals surface area contributed by atoms with Crippen LogP contribution in [0.5, 0.6) is 0 Å². The third-order valence-electron chi connectivity index (χ3n) is 2.68. The Morgan fingerprint density at radius 3 is 2.50 bits per heavy atom. The number of furan rings is 1. The SMILES string of the molecule is Cc1cc(C(=O)N2CCNCC2)c(C)o1.Cl. The lowest BCUT2D eigenvalue weighted by Crippen LogP contribution is -2.46. The molecule has 1 N–H and O–H groups in total. The van der Waals surface area contributed by atoms with E-state index in [1.807, 2.05) is 24.8 Å². The van der Waals surface area contributed by atoms with Gasteiger partial charge < -0.3 is 14.6 Å². The Balaban J connectivity index is 0.00000128. The number of hydrogen-bond acceptors (Lipinski definition) is 3. The van der Waals surface area contributed by atoms with Gasteiger partial charge in [-0.15, -0.1) is 12.4 Å². The Morgan fingerprint density at radius 2 is 2.00 bits per heavy atom. The molecule has 0 atom stereocenters. The number of amides is 1. The van der Waals surface area contributed by atoms with Crippen LogP contribution in [0.1, 0.15) is 21.9 Å². The fourth-order valence-corrected chi connectivity index (χ4v) is 1.88. The highest BCUT2D eigenvalue weighted by molar-refractivity contribution is 5.95. The minimum atomic E-state index is 0. The van der Waals surface area contributed by atoms with Crippen molar-refractivity contribution in [3.8, 4) is 0 Å². The van der Waals surface area contributed by atoms with Crippen molar-refractivity contribution in [1.82, 2.24) is 10.2 Å². The second kappa shape index (κ2) is 5.37. The van der Waals surface area contributed by atoms with Crippen LogP contribution in [0.3, 0.4) is 0 Å². The first-order chi connectivity index (χ1) is 7.18. The van der Waals surface area contributed by atoms with Gasteiger partial charge in [-0.25, -0.2) is 0 Å². The average Bonchev–Trinajstić information content (AvgIpc) is 2.58. The summed E-state index contributed by atoms with van der Waals surface area (Å²) in [4.78, 5) is 13.9. The van der Waals surface area contributed by atoms with Gasteiger partial charge in [0, 0.05) is 26.2 Å². The first-order valence-corrected chi connectivity index (χ1v) is 5.25. The summed E-state index contributed by atoms with van der Waals surface area (Å²) in [6.07, 6.45) is 0. The van der Waals surface area contributed by atoms with Crippen molar-refractivity contribution in [1.29, 1.82) is 0 Å². The van der Waals surface area contributed by atoms with Crippen molar-refractivity contribution in [2.75, 3.05) is 26.2 Å². The van der Waals surface area contributed by atoms with E-state index in [2.05, 4.69) is 5.32 Å². The molecule has 1 fully saturated rings. The zero-order valence-electron chi connectivity index (χ0n) is 9.58. The number of halogens is 1. The van der Waals surface area contributed by atoms with Crippen LogP contribution in [0.2, 0.25) is 0 Å². The largest absolute Gasteiger partial charge is 0.466 e. The lowest BCUT2D eigenvalue weighted by molar-refractivity contribution is 0.0734. The first-order valence-electron chi connectivity index (χ1n) is 5.25. The summed E-state index contributed by atoms with van der Waals surface area (Å²) in [7, 11) is 0. The molecule has 0 unspecified atom stereocenters. The second-order valence-corrected chi connectivity index (χ2v) is 3.87. The number of hydrogen-bond donors (Lipinski definition) is 1. The van der Waals surface area contributed by atoms with Crippen LogP contribution in [-0.2, 0) is 0 Å². The summed E-state index contributed by atoms with van der Waals surface area (Å²) in [6, 6.07) is 1.82. The van der Waals surface area contributed by atoms with Gasteiger partial charge in [-0.2, -0.15) is 0 Å². The maximum Gasteiger partial charge on any atom is 0.257 e. The molecule has 0 saturated carbocycles. The van der Waals surface area contributed by atoms with Gasteiger partial charge in [0.2, 0.25) is 0 Å². The Kier molecular flexibility index (Phi) is 4.38. The van der Waals surface area contributed by atoms with Crippen LogP contribution in [0.25, 0.3) is 0 Å². The first kappa shape index (κ1) is 13.1. The Morgan fingerprint density at radius 1 is 1.38 bits per heavy atom. The average molecular weight is 245 g/mol. The lowest BCUT2D eigenvalue weighted by atomic mass is 10.2. The van der Waals surface area contributed by atoms with E-state index < -0.39 is 0 Å². The van der Waals surface area contributed by atoms with Gasteiger partial charge in [0.1, 0.15) is 11.5 Å². The molecule has 2 rings (SSSR count). The molecule has 0 radical (unpaired) electrons. The molecule has 2 heterocycles. The van der Waals surface area contributed by atoms with Crippen LogP contribution >= 0.6 is 12.4 Å². The summed E-state index contributed by atoms with van der Waals surface area (Å²) in [5, 5.41) is 3.22. The van der Waals surface area contributed by atoms with Crippen molar-refractivity contribution in [3.63, 3.8) is 0 Å². The highest BCUT2D eigenvalue weighted by Crippen LogP contribution is 2.16. The van der Waals surface area contributed by atoms with E-state index in [1.54, 1.807) is 0 Å². The summed E-state index contributed by atoms with van der Waals surface area (Å²) in [5.74, 6) is 1.60. The quantitative estimate of drug-likeness (QED) is 0.812. The van der Waals surface area contributed by atoms with Gasteiger partial charge in [0.05, 0.1) is 5.56 Å². The molecule has 0 bridgehead atoms. The van der Waals surface area contributed by atoms with E-state index >= 15 is 0 Å². The zero-order valence-corrected chi connectivity index (χ0v) is 10.4. The van der Waals surface area contributed by atoms with E-state index in [4.69, 9.17) is 4.42 Å². The maximum absolute atomic E-state index is 12.1. The van der Waals surface area contributed by atoms with Gasteiger partial charge in [-0.3, -0.25) is 4.79 Å². The van der Waals surface area contributed by atoms with Gasteiger partial charge in [0.15, 0.2) is 0 Å². The number of carbonyl (C=O) groups excluding carboxylic acids is 1. The summed E-state index contributed by atoms with van der Waals surface area (Å²) < 4.78 is 5.36. The smallest absolute Gasteiger partial charge is 0.257 e. The number of piperazine rings is 1. The molecular weight excluding hydrogens is 228 g/mol. The molecule has 1 aliphatic rings. The van der Waals surface area contributed by atoms with E-state index in [9.17, 15) is 4.79 Å². The van der Waals surface area contributed by atoms with Crippen LogP contribution in [0.4, 0.5) is 0 Å². The Bertz CT molecular complexity index is 370. The highest BCUT2D eigenvalue weighted by Gasteiger charge is 2.21. The number of nitrogens with one attached hydrogen (secondary N) is 1. The monoisotopic (exact) mass is 244 g/mol. The van der Waals surface area contributed by atoms with Gasteiger partial charge >= 0.3 is 0 Å². The maximum atomic E-state index is 12.1. The van der Waals surface area contributed by atoms with Gasteiger partial charge in [-0.05, 0) is 19.9 Å². The number of carbonyl (C=O) groups is 1.